The van der Waals surface area contributed by atoms with E-state index in [1.165, 1.54) is 11.3 Å². The van der Waals surface area contributed by atoms with Crippen molar-refractivity contribution in [3.63, 3.8) is 0 Å². The molecule has 1 atom stereocenters. The molecule has 0 radical (unpaired) electrons. The first-order valence-corrected chi connectivity index (χ1v) is 8.86. The molecule has 1 fully saturated rings. The zero-order valence-corrected chi connectivity index (χ0v) is 16.9. The van der Waals surface area contributed by atoms with E-state index in [9.17, 15) is 0 Å². The second kappa shape index (κ2) is 9.93. The molecule has 130 valence electrons. The smallest absolute Gasteiger partial charge is 0.193 e. The fourth-order valence-electron chi connectivity index (χ4n) is 2.72. The highest BCUT2D eigenvalue weighted by atomic mass is 127. The van der Waals surface area contributed by atoms with E-state index in [1.54, 1.807) is 6.26 Å². The normalized spacial score (nSPS) is 17.6. The highest BCUT2D eigenvalue weighted by molar-refractivity contribution is 14.0. The number of guanidine groups is 1. The molecule has 1 unspecified atom stereocenters. The maximum absolute atomic E-state index is 4.85. The predicted molar refractivity (Wildman–Crippen MR) is 109 cm³/mol. The van der Waals surface area contributed by atoms with Crippen molar-refractivity contribution in [1.29, 1.82) is 0 Å². The van der Waals surface area contributed by atoms with Gasteiger partial charge in [-0.15, -0.1) is 35.7 Å². The van der Waals surface area contributed by atoms with Gasteiger partial charge in [-0.25, -0.2) is 0 Å². The third-order valence-corrected chi connectivity index (χ3v) is 5.19. The molecule has 24 heavy (non-hydrogen) atoms. The van der Waals surface area contributed by atoms with Gasteiger partial charge in [0.05, 0.1) is 6.54 Å². The Hall–Kier alpha value is -1.22. The van der Waals surface area contributed by atoms with E-state index < -0.39 is 0 Å². The fourth-order valence-corrected chi connectivity index (χ4v) is 3.77. The highest BCUT2D eigenvalue weighted by Crippen LogP contribution is 2.25. The van der Waals surface area contributed by atoms with Crippen LogP contribution in [0.5, 0.6) is 0 Å². The van der Waals surface area contributed by atoms with Gasteiger partial charge >= 0.3 is 0 Å². The summed E-state index contributed by atoms with van der Waals surface area (Å²) in [6, 6.07) is 12.5. The molecule has 0 amide bonds. The SMILES string of the molecule is CN=C(NCc1ccon1)N1CCC(CSc2ccccc2)C1.I. The third-order valence-electron chi connectivity index (χ3n) is 3.94. The number of aliphatic imine (C=N–C) groups is 1. The Morgan fingerprint density at radius 1 is 1.38 bits per heavy atom. The van der Waals surface area contributed by atoms with Crippen molar-refractivity contribution < 1.29 is 4.52 Å². The van der Waals surface area contributed by atoms with Crippen LogP contribution in [0.2, 0.25) is 0 Å². The molecule has 0 saturated carbocycles. The molecule has 5 nitrogen and oxygen atoms in total. The summed E-state index contributed by atoms with van der Waals surface area (Å²) in [5.41, 5.74) is 0.890. The number of likely N-dealkylation sites (tertiary alicyclic amines) is 1. The van der Waals surface area contributed by atoms with Crippen LogP contribution in [0.15, 0.2) is 57.1 Å². The number of hydrogen-bond donors (Lipinski definition) is 1. The molecule has 0 bridgehead atoms. The van der Waals surface area contributed by atoms with Crippen LogP contribution in [0.3, 0.4) is 0 Å². The van der Waals surface area contributed by atoms with Gasteiger partial charge in [0.1, 0.15) is 12.0 Å². The zero-order valence-electron chi connectivity index (χ0n) is 13.7. The average molecular weight is 458 g/mol. The number of benzene rings is 1. The minimum Gasteiger partial charge on any atom is -0.364 e. The Labute approximate surface area is 164 Å². The second-order valence-corrected chi connectivity index (χ2v) is 6.71. The van der Waals surface area contributed by atoms with E-state index in [1.807, 2.05) is 24.9 Å². The van der Waals surface area contributed by atoms with Crippen LogP contribution in [-0.2, 0) is 6.54 Å². The van der Waals surface area contributed by atoms with E-state index in [4.69, 9.17) is 4.52 Å². The van der Waals surface area contributed by atoms with Gasteiger partial charge in [0.2, 0.25) is 0 Å². The maximum Gasteiger partial charge on any atom is 0.193 e. The van der Waals surface area contributed by atoms with Crippen molar-refractivity contribution in [1.82, 2.24) is 15.4 Å². The summed E-state index contributed by atoms with van der Waals surface area (Å²) in [7, 11) is 1.83. The minimum atomic E-state index is 0. The first kappa shape index (κ1) is 19.1. The molecule has 1 aliphatic rings. The number of nitrogens with one attached hydrogen (secondary N) is 1. The molecular formula is C17H23IN4OS. The minimum absolute atomic E-state index is 0. The monoisotopic (exact) mass is 458 g/mol. The van der Waals surface area contributed by atoms with E-state index >= 15 is 0 Å². The summed E-state index contributed by atoms with van der Waals surface area (Å²) in [4.78, 5) is 8.06. The first-order valence-electron chi connectivity index (χ1n) is 7.88. The lowest BCUT2D eigenvalue weighted by atomic mass is 10.2. The van der Waals surface area contributed by atoms with Crippen molar-refractivity contribution in [3.8, 4) is 0 Å². The van der Waals surface area contributed by atoms with Crippen LogP contribution < -0.4 is 5.32 Å². The van der Waals surface area contributed by atoms with Crippen LogP contribution in [-0.4, -0.2) is 41.9 Å². The van der Waals surface area contributed by atoms with Gasteiger partial charge in [0.15, 0.2) is 5.96 Å². The zero-order chi connectivity index (χ0) is 15.9. The van der Waals surface area contributed by atoms with Gasteiger partial charge in [0, 0.05) is 36.9 Å². The molecular weight excluding hydrogens is 435 g/mol. The lowest BCUT2D eigenvalue weighted by Crippen LogP contribution is -2.39. The van der Waals surface area contributed by atoms with Crippen LogP contribution in [0, 0.1) is 5.92 Å². The summed E-state index contributed by atoms with van der Waals surface area (Å²) in [6.07, 6.45) is 2.80. The van der Waals surface area contributed by atoms with E-state index in [2.05, 4.69) is 50.7 Å². The number of rotatable bonds is 5. The second-order valence-electron chi connectivity index (χ2n) is 5.62. The molecule has 1 aliphatic heterocycles. The lowest BCUT2D eigenvalue weighted by molar-refractivity contribution is 0.409. The van der Waals surface area contributed by atoms with Crippen molar-refractivity contribution in [2.45, 2.75) is 17.9 Å². The first-order chi connectivity index (χ1) is 11.3. The summed E-state index contributed by atoms with van der Waals surface area (Å²) in [6.45, 7) is 2.75. The number of aromatic nitrogens is 1. The Morgan fingerprint density at radius 3 is 2.92 bits per heavy atom. The summed E-state index contributed by atoms with van der Waals surface area (Å²) in [5, 5.41) is 7.27. The molecule has 1 N–H and O–H groups in total. The van der Waals surface area contributed by atoms with Crippen molar-refractivity contribution in [2.24, 2.45) is 10.9 Å². The number of nitrogens with zero attached hydrogens (tertiary/aromatic N) is 3. The average Bonchev–Trinajstić information content (AvgIpc) is 3.26. The molecule has 3 rings (SSSR count). The van der Waals surface area contributed by atoms with Gasteiger partial charge < -0.3 is 14.7 Å². The molecule has 1 aromatic heterocycles. The Bertz CT molecular complexity index is 621. The van der Waals surface area contributed by atoms with Gasteiger partial charge in [-0.2, -0.15) is 0 Å². The summed E-state index contributed by atoms with van der Waals surface area (Å²) >= 11 is 1.94. The van der Waals surface area contributed by atoms with Gasteiger partial charge in [-0.05, 0) is 24.5 Å². The van der Waals surface area contributed by atoms with E-state index in [0.717, 1.165) is 30.5 Å². The quantitative estimate of drug-likeness (QED) is 0.322. The maximum atomic E-state index is 4.85. The molecule has 2 heterocycles. The van der Waals surface area contributed by atoms with Crippen LogP contribution in [0.4, 0.5) is 0 Å². The molecule has 2 aromatic rings. The standard InChI is InChI=1S/C17H22N4OS.HI/c1-18-17(19-11-15-8-10-22-20-15)21-9-7-14(12-21)13-23-16-5-3-2-4-6-16;/h2-6,8,10,14H,7,9,11-13H2,1H3,(H,18,19);1H. The number of halogens is 1. The van der Waals surface area contributed by atoms with Crippen molar-refractivity contribution in [2.75, 3.05) is 25.9 Å². The fraction of sp³-hybridized carbons (Fsp3) is 0.412. The topological polar surface area (TPSA) is 53.7 Å². The van der Waals surface area contributed by atoms with E-state index in [0.29, 0.717) is 12.5 Å². The number of thioether (sulfide) groups is 1. The molecule has 0 aliphatic carbocycles. The Kier molecular flexibility index (Phi) is 7.90. The number of hydrogen-bond acceptors (Lipinski definition) is 4. The van der Waals surface area contributed by atoms with Gasteiger partial charge in [-0.3, -0.25) is 4.99 Å². The van der Waals surface area contributed by atoms with Gasteiger partial charge in [0.25, 0.3) is 0 Å². The Balaban J connectivity index is 0.00000208. The predicted octanol–water partition coefficient (Wildman–Crippen LogP) is 3.48. The van der Waals surface area contributed by atoms with Crippen LogP contribution in [0.1, 0.15) is 12.1 Å². The van der Waals surface area contributed by atoms with Crippen molar-refractivity contribution in [3.05, 3.63) is 48.4 Å². The third kappa shape index (κ3) is 5.41. The largest absolute Gasteiger partial charge is 0.364 e. The van der Waals surface area contributed by atoms with Crippen LogP contribution in [0.25, 0.3) is 0 Å². The van der Waals surface area contributed by atoms with Crippen LogP contribution >= 0.6 is 35.7 Å². The molecule has 1 saturated heterocycles. The summed E-state index contributed by atoms with van der Waals surface area (Å²) < 4.78 is 4.85. The lowest BCUT2D eigenvalue weighted by Gasteiger charge is -2.21. The summed E-state index contributed by atoms with van der Waals surface area (Å²) in [5.74, 6) is 2.80. The molecule has 0 spiro atoms. The molecule has 7 heteroatoms. The highest BCUT2D eigenvalue weighted by Gasteiger charge is 2.24. The van der Waals surface area contributed by atoms with Crippen molar-refractivity contribution >= 4 is 41.7 Å². The van der Waals surface area contributed by atoms with Gasteiger partial charge in [-0.1, -0.05) is 23.4 Å². The Morgan fingerprint density at radius 2 is 2.21 bits per heavy atom. The molecule has 1 aromatic carbocycles. The van der Waals surface area contributed by atoms with E-state index in [-0.39, 0.29) is 24.0 Å².